The van der Waals surface area contributed by atoms with Gasteiger partial charge in [-0.1, -0.05) is 0 Å². The second kappa shape index (κ2) is 8.06. The van der Waals surface area contributed by atoms with Crippen LogP contribution in [0.4, 0.5) is 0 Å². The van der Waals surface area contributed by atoms with Crippen molar-refractivity contribution in [3.8, 4) is 0 Å². The largest absolute Gasteiger partial charge is 0.481 e. The zero-order valence-electron chi connectivity index (χ0n) is 10.0. The highest BCUT2D eigenvalue weighted by Gasteiger charge is 2.13. The van der Waals surface area contributed by atoms with Crippen LogP contribution in [0.2, 0.25) is 0 Å². The lowest BCUT2D eigenvalue weighted by Crippen LogP contribution is -2.35. The minimum atomic E-state index is -0.936. The van der Waals surface area contributed by atoms with Crippen molar-refractivity contribution in [2.24, 2.45) is 0 Å². The van der Waals surface area contributed by atoms with Gasteiger partial charge in [0.15, 0.2) is 0 Å². The van der Waals surface area contributed by atoms with Crippen LogP contribution in [0.5, 0.6) is 0 Å². The molecule has 6 heteroatoms. The molecule has 0 aromatic rings. The van der Waals surface area contributed by atoms with Gasteiger partial charge < -0.3 is 20.1 Å². The van der Waals surface area contributed by atoms with Crippen molar-refractivity contribution in [3.05, 3.63) is 0 Å². The van der Waals surface area contributed by atoms with E-state index < -0.39 is 12.1 Å². The Morgan fingerprint density at radius 2 is 2.06 bits per heavy atom. The summed E-state index contributed by atoms with van der Waals surface area (Å²) in [4.78, 5) is 23.6. The fourth-order valence-electron chi connectivity index (χ4n) is 1.07. The van der Waals surface area contributed by atoms with Crippen molar-refractivity contribution in [2.75, 3.05) is 34.3 Å². The van der Waals surface area contributed by atoms with Gasteiger partial charge in [0.05, 0.1) is 12.5 Å². The lowest BCUT2D eigenvalue weighted by molar-refractivity contribution is -0.140. The van der Waals surface area contributed by atoms with E-state index in [4.69, 9.17) is 9.84 Å². The topological polar surface area (TPSA) is 78.9 Å². The summed E-state index contributed by atoms with van der Waals surface area (Å²) < 4.78 is 4.93. The summed E-state index contributed by atoms with van der Waals surface area (Å²) in [7, 11) is 5.20. The smallest absolute Gasteiger partial charge is 0.306 e. The number of carbonyl (C=O) groups is 2. The van der Waals surface area contributed by atoms with E-state index in [2.05, 4.69) is 5.32 Å². The molecule has 1 amide bonds. The van der Waals surface area contributed by atoms with Gasteiger partial charge in [0.25, 0.3) is 0 Å². The summed E-state index contributed by atoms with van der Waals surface area (Å²) in [5.74, 6) is -1.03. The van der Waals surface area contributed by atoms with Gasteiger partial charge in [0, 0.05) is 26.6 Å². The van der Waals surface area contributed by atoms with Crippen LogP contribution >= 0.6 is 0 Å². The third-order valence-corrected chi connectivity index (χ3v) is 2.05. The number of carboxylic acid groups (broad SMARTS) is 1. The van der Waals surface area contributed by atoms with Crippen LogP contribution in [0.15, 0.2) is 0 Å². The number of ether oxygens (including phenoxy) is 1. The van der Waals surface area contributed by atoms with E-state index in [-0.39, 0.29) is 18.9 Å². The minimum absolute atomic E-state index is 0.0962. The predicted molar refractivity (Wildman–Crippen MR) is 59.2 cm³/mol. The first-order valence-electron chi connectivity index (χ1n) is 5.11. The second-order valence-corrected chi connectivity index (χ2v) is 3.81. The van der Waals surface area contributed by atoms with Gasteiger partial charge in [-0.15, -0.1) is 0 Å². The van der Waals surface area contributed by atoms with Crippen molar-refractivity contribution < 1.29 is 19.4 Å². The molecule has 0 spiro atoms. The molecule has 0 saturated heterocycles. The first-order valence-corrected chi connectivity index (χ1v) is 5.11. The molecule has 0 bridgehead atoms. The van der Waals surface area contributed by atoms with Crippen LogP contribution in [0, 0.1) is 0 Å². The lowest BCUT2D eigenvalue weighted by Gasteiger charge is -2.14. The van der Waals surface area contributed by atoms with Crippen molar-refractivity contribution in [3.63, 3.8) is 0 Å². The molecule has 94 valence electrons. The molecule has 0 aliphatic carbocycles. The Labute approximate surface area is 95.6 Å². The average molecular weight is 232 g/mol. The lowest BCUT2D eigenvalue weighted by atomic mass is 10.2. The zero-order chi connectivity index (χ0) is 12.6. The molecule has 0 saturated carbocycles. The molecule has 0 radical (unpaired) electrons. The number of hydrogen-bond donors (Lipinski definition) is 2. The van der Waals surface area contributed by atoms with Gasteiger partial charge in [-0.2, -0.15) is 0 Å². The molecule has 0 aromatic heterocycles. The standard InChI is InChI=1S/C10H20N2O4/c1-12(2)5-4-9(13)11-7-8(16-3)6-10(14)15/h8H,4-7H2,1-3H3,(H,11,13)(H,14,15). The number of nitrogens with one attached hydrogen (secondary N) is 1. The van der Waals surface area contributed by atoms with E-state index in [9.17, 15) is 9.59 Å². The average Bonchev–Trinajstić information content (AvgIpc) is 2.20. The van der Waals surface area contributed by atoms with E-state index in [1.54, 1.807) is 0 Å². The normalized spacial score (nSPS) is 12.5. The zero-order valence-corrected chi connectivity index (χ0v) is 10.0. The highest BCUT2D eigenvalue weighted by molar-refractivity contribution is 5.76. The van der Waals surface area contributed by atoms with Crippen LogP contribution < -0.4 is 5.32 Å². The van der Waals surface area contributed by atoms with Gasteiger partial charge in [-0.3, -0.25) is 9.59 Å². The van der Waals surface area contributed by atoms with E-state index in [1.165, 1.54) is 7.11 Å². The summed E-state index contributed by atoms with van der Waals surface area (Å²) in [5, 5.41) is 11.2. The molecule has 6 nitrogen and oxygen atoms in total. The molecule has 0 aromatic carbocycles. The van der Waals surface area contributed by atoms with Gasteiger partial charge in [0.1, 0.15) is 0 Å². The number of carboxylic acids is 1. The van der Waals surface area contributed by atoms with Crippen LogP contribution in [0.25, 0.3) is 0 Å². The molecule has 16 heavy (non-hydrogen) atoms. The second-order valence-electron chi connectivity index (χ2n) is 3.81. The number of methoxy groups -OCH3 is 1. The van der Waals surface area contributed by atoms with Crippen LogP contribution in [0.3, 0.4) is 0 Å². The monoisotopic (exact) mass is 232 g/mol. The molecule has 0 heterocycles. The van der Waals surface area contributed by atoms with Crippen molar-refractivity contribution in [1.82, 2.24) is 10.2 Å². The van der Waals surface area contributed by atoms with Crippen LogP contribution in [0.1, 0.15) is 12.8 Å². The maximum absolute atomic E-state index is 11.3. The number of aliphatic carboxylic acids is 1. The minimum Gasteiger partial charge on any atom is -0.481 e. The Bertz CT molecular complexity index is 231. The summed E-state index contributed by atoms with van der Waals surface area (Å²) >= 11 is 0. The van der Waals surface area contributed by atoms with E-state index >= 15 is 0 Å². The quantitative estimate of drug-likeness (QED) is 0.592. The number of amides is 1. The first-order chi connectivity index (χ1) is 7.45. The number of hydrogen-bond acceptors (Lipinski definition) is 4. The highest BCUT2D eigenvalue weighted by atomic mass is 16.5. The van der Waals surface area contributed by atoms with Crippen molar-refractivity contribution >= 4 is 11.9 Å². The van der Waals surface area contributed by atoms with Crippen LogP contribution in [-0.4, -0.2) is 62.3 Å². The fraction of sp³-hybridized carbons (Fsp3) is 0.800. The predicted octanol–water partition coefficient (Wildman–Crippen LogP) is -0.456. The summed E-state index contributed by atoms with van der Waals surface area (Å²) in [6, 6.07) is 0. The maximum Gasteiger partial charge on any atom is 0.306 e. The van der Waals surface area contributed by atoms with E-state index in [0.717, 1.165) is 0 Å². The van der Waals surface area contributed by atoms with Gasteiger partial charge in [-0.05, 0) is 14.1 Å². The Morgan fingerprint density at radius 3 is 2.50 bits per heavy atom. The van der Waals surface area contributed by atoms with E-state index in [1.807, 2.05) is 19.0 Å². The molecule has 1 atom stereocenters. The third-order valence-electron chi connectivity index (χ3n) is 2.05. The molecule has 0 aliphatic heterocycles. The first kappa shape index (κ1) is 14.9. The summed E-state index contributed by atoms with van der Waals surface area (Å²) in [6.07, 6.45) is -0.179. The number of rotatable bonds is 8. The Balaban J connectivity index is 3.75. The molecule has 0 fully saturated rings. The Hall–Kier alpha value is -1.14. The SMILES string of the molecule is COC(CNC(=O)CCN(C)C)CC(=O)O. The number of carbonyl (C=O) groups excluding carboxylic acids is 1. The highest BCUT2D eigenvalue weighted by Crippen LogP contribution is 1.95. The molecule has 1 unspecified atom stereocenters. The Kier molecular flexibility index (Phi) is 7.49. The molecular weight excluding hydrogens is 212 g/mol. The molecule has 2 N–H and O–H groups in total. The van der Waals surface area contributed by atoms with E-state index in [0.29, 0.717) is 13.0 Å². The van der Waals surface area contributed by atoms with Gasteiger partial charge >= 0.3 is 5.97 Å². The number of nitrogens with zero attached hydrogens (tertiary/aromatic N) is 1. The molecular formula is C10H20N2O4. The fourth-order valence-corrected chi connectivity index (χ4v) is 1.07. The van der Waals surface area contributed by atoms with Crippen molar-refractivity contribution in [1.29, 1.82) is 0 Å². The Morgan fingerprint density at radius 1 is 1.44 bits per heavy atom. The van der Waals surface area contributed by atoms with Gasteiger partial charge in [0.2, 0.25) is 5.91 Å². The molecule has 0 aliphatic rings. The maximum atomic E-state index is 11.3. The van der Waals surface area contributed by atoms with Crippen LogP contribution in [-0.2, 0) is 14.3 Å². The summed E-state index contributed by atoms with van der Waals surface area (Å²) in [6.45, 7) is 0.900. The van der Waals surface area contributed by atoms with Crippen molar-refractivity contribution in [2.45, 2.75) is 18.9 Å². The summed E-state index contributed by atoms with van der Waals surface area (Å²) in [5.41, 5.74) is 0. The third kappa shape index (κ3) is 8.19. The molecule has 0 rings (SSSR count). The van der Waals surface area contributed by atoms with Gasteiger partial charge in [-0.25, -0.2) is 0 Å².